The number of ether oxygens (including phenoxy) is 2. The Morgan fingerprint density at radius 2 is 2.09 bits per heavy atom. The first-order valence-electron chi connectivity index (χ1n) is 3.89. The van der Waals surface area contributed by atoms with Crippen LogP contribution in [0.4, 0.5) is 0 Å². The number of nitrogens with one attached hydrogen (secondary N) is 1. The Balaban J connectivity index is 0.000000605. The molecule has 1 N–H and O–H groups in total. The molecule has 66 valence electrons. The maximum absolute atomic E-state index is 5.49. The first-order valence-corrected chi connectivity index (χ1v) is 3.89. The van der Waals surface area contributed by atoms with E-state index in [9.17, 15) is 0 Å². The summed E-state index contributed by atoms with van der Waals surface area (Å²) in [6.07, 6.45) is 1.98. The summed E-state index contributed by atoms with van der Waals surface area (Å²) in [6, 6.07) is 0. The molecule has 2 aliphatic rings. The fraction of sp³-hybridized carbons (Fsp3) is 1.00. The molecule has 0 aromatic heterocycles. The van der Waals surface area contributed by atoms with Crippen LogP contribution < -0.4 is 5.32 Å². The molecule has 2 heterocycles. The van der Waals surface area contributed by atoms with Crippen molar-refractivity contribution in [3.63, 3.8) is 0 Å². The Labute approximate surface area is 68.1 Å². The Morgan fingerprint density at radius 1 is 1.27 bits per heavy atom. The lowest BCUT2D eigenvalue weighted by molar-refractivity contribution is 0.0192. The fourth-order valence-electron chi connectivity index (χ4n) is 1.27. The average Bonchev–Trinajstić information content (AvgIpc) is 2.74. The molecule has 3 heteroatoms. The van der Waals surface area contributed by atoms with Crippen LogP contribution in [0.2, 0.25) is 0 Å². The van der Waals surface area contributed by atoms with Crippen LogP contribution in [0.3, 0.4) is 0 Å². The van der Waals surface area contributed by atoms with Crippen LogP contribution in [-0.2, 0) is 9.47 Å². The maximum atomic E-state index is 5.49. The van der Waals surface area contributed by atoms with Gasteiger partial charge in [-0.2, -0.15) is 0 Å². The van der Waals surface area contributed by atoms with Crippen molar-refractivity contribution >= 4 is 0 Å². The Hall–Kier alpha value is -0.120. The molecule has 2 rings (SSSR count). The number of morpholine rings is 1. The van der Waals surface area contributed by atoms with Gasteiger partial charge in [0.1, 0.15) is 0 Å². The van der Waals surface area contributed by atoms with E-state index in [4.69, 9.17) is 9.47 Å². The maximum Gasteiger partial charge on any atom is 0.0835 e. The zero-order valence-electron chi connectivity index (χ0n) is 6.01. The third-order valence-corrected chi connectivity index (χ3v) is 1.93. The van der Waals surface area contributed by atoms with Gasteiger partial charge in [0.15, 0.2) is 0 Å². The van der Waals surface area contributed by atoms with Crippen molar-refractivity contribution in [2.45, 2.75) is 26.1 Å². The molecular weight excluding hydrogens is 142 g/mol. The van der Waals surface area contributed by atoms with E-state index in [1.165, 1.54) is 0 Å². The summed E-state index contributed by atoms with van der Waals surface area (Å²) in [4.78, 5) is 0. The van der Waals surface area contributed by atoms with Crippen LogP contribution in [-0.4, -0.2) is 38.5 Å². The summed E-state index contributed by atoms with van der Waals surface area (Å²) in [5.74, 6) is 0. The van der Waals surface area contributed by atoms with Gasteiger partial charge in [0.05, 0.1) is 25.4 Å². The Bertz CT molecular complexity index is 109. The highest BCUT2D eigenvalue weighted by atomic mass is 16.6. The van der Waals surface area contributed by atoms with E-state index in [0.29, 0.717) is 12.2 Å². The van der Waals surface area contributed by atoms with Crippen molar-refractivity contribution < 1.29 is 9.47 Å². The van der Waals surface area contributed by atoms with Gasteiger partial charge >= 0.3 is 0 Å². The van der Waals surface area contributed by atoms with E-state index < -0.39 is 0 Å². The summed E-state index contributed by atoms with van der Waals surface area (Å²) < 4.78 is 10.6. The van der Waals surface area contributed by atoms with Crippen LogP contribution in [0, 0.1) is 0 Å². The van der Waals surface area contributed by atoms with Crippen molar-refractivity contribution in [1.82, 2.24) is 5.32 Å². The smallest absolute Gasteiger partial charge is 0.0835 e. The predicted octanol–water partition coefficient (Wildman–Crippen LogP) is 0.400. The lowest BCUT2D eigenvalue weighted by Crippen LogP contribution is -2.39. The van der Waals surface area contributed by atoms with Crippen LogP contribution in [0.1, 0.15) is 13.8 Å². The Kier molecular flexibility index (Phi) is 3.30. The Morgan fingerprint density at radius 3 is 2.64 bits per heavy atom. The molecule has 0 saturated carbocycles. The molecule has 2 unspecified atom stereocenters. The standard InChI is InChI=1S/C7H13NO2.CH4/c1-2-9-6(4-8-1)3-7-5-10-7;/h6-8H,1-5H2;1H4. The van der Waals surface area contributed by atoms with Gasteiger partial charge < -0.3 is 14.8 Å². The van der Waals surface area contributed by atoms with Gasteiger partial charge in [-0.15, -0.1) is 0 Å². The average molecular weight is 159 g/mol. The number of hydrogen-bond acceptors (Lipinski definition) is 3. The normalized spacial score (nSPS) is 36.0. The summed E-state index contributed by atoms with van der Waals surface area (Å²) >= 11 is 0. The first kappa shape index (κ1) is 8.97. The van der Waals surface area contributed by atoms with E-state index >= 15 is 0 Å². The van der Waals surface area contributed by atoms with E-state index in [-0.39, 0.29) is 7.43 Å². The number of epoxide rings is 1. The molecule has 0 bridgehead atoms. The van der Waals surface area contributed by atoms with Crippen molar-refractivity contribution in [3.05, 3.63) is 0 Å². The SMILES string of the molecule is C.C1COC(CC2CO2)CN1. The molecule has 2 saturated heterocycles. The van der Waals surface area contributed by atoms with E-state index in [0.717, 1.165) is 32.7 Å². The zero-order valence-corrected chi connectivity index (χ0v) is 6.01. The van der Waals surface area contributed by atoms with Crippen molar-refractivity contribution in [2.75, 3.05) is 26.3 Å². The third kappa shape index (κ3) is 2.77. The van der Waals surface area contributed by atoms with Gasteiger partial charge in [-0.3, -0.25) is 0 Å². The molecule has 0 amide bonds. The van der Waals surface area contributed by atoms with E-state index in [1.54, 1.807) is 0 Å². The summed E-state index contributed by atoms with van der Waals surface area (Å²) in [7, 11) is 0. The molecule has 2 atom stereocenters. The molecule has 2 fully saturated rings. The van der Waals surface area contributed by atoms with E-state index in [2.05, 4.69) is 5.32 Å². The van der Waals surface area contributed by atoms with Crippen LogP contribution in [0.25, 0.3) is 0 Å². The van der Waals surface area contributed by atoms with Crippen molar-refractivity contribution in [2.24, 2.45) is 0 Å². The second kappa shape index (κ2) is 4.04. The number of rotatable bonds is 2. The third-order valence-electron chi connectivity index (χ3n) is 1.93. The highest BCUT2D eigenvalue weighted by Gasteiger charge is 2.27. The topological polar surface area (TPSA) is 33.8 Å². The predicted molar refractivity (Wildman–Crippen MR) is 43.7 cm³/mol. The molecule has 0 radical (unpaired) electrons. The molecule has 3 nitrogen and oxygen atoms in total. The van der Waals surface area contributed by atoms with Gasteiger partial charge in [-0.1, -0.05) is 7.43 Å². The molecule has 0 aromatic rings. The monoisotopic (exact) mass is 159 g/mol. The quantitative estimate of drug-likeness (QED) is 0.592. The minimum absolute atomic E-state index is 0. The second-order valence-electron chi connectivity index (χ2n) is 2.89. The van der Waals surface area contributed by atoms with Crippen LogP contribution in [0.5, 0.6) is 0 Å². The molecule has 0 aliphatic carbocycles. The van der Waals surface area contributed by atoms with Gasteiger partial charge in [0.2, 0.25) is 0 Å². The van der Waals surface area contributed by atoms with Gasteiger partial charge in [-0.25, -0.2) is 0 Å². The molecular formula is C8H17NO2. The molecule has 2 aliphatic heterocycles. The zero-order chi connectivity index (χ0) is 6.81. The molecule has 11 heavy (non-hydrogen) atoms. The van der Waals surface area contributed by atoms with Gasteiger partial charge in [-0.05, 0) is 0 Å². The number of hydrogen-bond donors (Lipinski definition) is 1. The van der Waals surface area contributed by atoms with Gasteiger partial charge in [0, 0.05) is 19.5 Å². The lowest BCUT2D eigenvalue weighted by Gasteiger charge is -2.22. The minimum atomic E-state index is 0. The molecule has 0 spiro atoms. The minimum Gasteiger partial charge on any atom is -0.375 e. The second-order valence-corrected chi connectivity index (χ2v) is 2.89. The molecule has 0 aromatic carbocycles. The van der Waals surface area contributed by atoms with Crippen molar-refractivity contribution in [3.8, 4) is 0 Å². The van der Waals surface area contributed by atoms with Crippen molar-refractivity contribution in [1.29, 1.82) is 0 Å². The van der Waals surface area contributed by atoms with Crippen LogP contribution in [0.15, 0.2) is 0 Å². The van der Waals surface area contributed by atoms with Crippen LogP contribution >= 0.6 is 0 Å². The highest BCUT2D eigenvalue weighted by Crippen LogP contribution is 2.17. The van der Waals surface area contributed by atoms with Gasteiger partial charge in [0.25, 0.3) is 0 Å². The summed E-state index contributed by atoms with van der Waals surface area (Å²) in [6.45, 7) is 3.80. The fourth-order valence-corrected chi connectivity index (χ4v) is 1.27. The van der Waals surface area contributed by atoms with E-state index in [1.807, 2.05) is 0 Å². The largest absolute Gasteiger partial charge is 0.375 e. The highest BCUT2D eigenvalue weighted by molar-refractivity contribution is 4.77. The lowest BCUT2D eigenvalue weighted by atomic mass is 10.2. The summed E-state index contributed by atoms with van der Waals surface area (Å²) in [5, 5.41) is 3.29. The first-order chi connectivity index (χ1) is 4.95. The summed E-state index contributed by atoms with van der Waals surface area (Å²) in [5.41, 5.74) is 0.